The number of esters is 2. The molecule has 0 saturated carbocycles. The van der Waals surface area contributed by atoms with Gasteiger partial charge in [-0.3, -0.25) is 0 Å². The fraction of sp³-hybridized carbons (Fsp3) is 0.364. The zero-order valence-corrected chi connectivity index (χ0v) is 10.9. The fourth-order valence-corrected chi connectivity index (χ4v) is 1.30. The van der Waals surface area contributed by atoms with Crippen LogP contribution in [0.3, 0.4) is 0 Å². The van der Waals surface area contributed by atoms with Crippen molar-refractivity contribution in [2.45, 2.75) is 13.8 Å². The van der Waals surface area contributed by atoms with Gasteiger partial charge in [-0.1, -0.05) is 0 Å². The first-order valence-corrected chi connectivity index (χ1v) is 5.72. The van der Waals surface area contributed by atoms with Crippen LogP contribution in [-0.2, 0) is 9.47 Å². The molecule has 0 amide bonds. The summed E-state index contributed by atoms with van der Waals surface area (Å²) in [5.74, 6) is -2.96. The topological polar surface area (TPSA) is 116 Å². The van der Waals surface area contributed by atoms with Crippen molar-refractivity contribution < 1.29 is 28.1 Å². The predicted molar refractivity (Wildman–Crippen MR) is 66.0 cm³/mol. The van der Waals surface area contributed by atoms with Crippen LogP contribution < -0.4 is 10.1 Å². The fourth-order valence-electron chi connectivity index (χ4n) is 1.30. The average molecular weight is 281 g/mol. The summed E-state index contributed by atoms with van der Waals surface area (Å²) in [7, 11) is 0.434. The van der Waals surface area contributed by atoms with E-state index in [2.05, 4.69) is 14.1 Å². The molecule has 0 saturated heterocycles. The first-order valence-electron chi connectivity index (χ1n) is 5.72. The standard InChI is InChI=1S/C11H12BNO7/c1-3-17-10(15)6-5-19-9(11(16)18-4-2)8(7(6)14)20-12-13/h5,13H,3-4H2,1-2H3. The first-order chi connectivity index (χ1) is 9.56. The number of carbonyl (C=O) groups excluding carboxylic acids is 2. The van der Waals surface area contributed by atoms with E-state index >= 15 is 0 Å². The monoisotopic (exact) mass is 281 g/mol. The van der Waals surface area contributed by atoms with Crippen LogP contribution in [0, 0.1) is 5.31 Å². The van der Waals surface area contributed by atoms with Crippen molar-refractivity contribution in [2.75, 3.05) is 13.2 Å². The second-order valence-corrected chi connectivity index (χ2v) is 3.31. The van der Waals surface area contributed by atoms with Gasteiger partial charge in [0.1, 0.15) is 0 Å². The van der Waals surface area contributed by atoms with Crippen LogP contribution in [0.5, 0.6) is 5.75 Å². The quantitative estimate of drug-likeness (QED) is 0.604. The van der Waals surface area contributed by atoms with Gasteiger partial charge >= 0.3 is 113 Å². The van der Waals surface area contributed by atoms with Crippen LogP contribution >= 0.6 is 0 Å². The van der Waals surface area contributed by atoms with Crippen LogP contribution in [0.4, 0.5) is 0 Å². The third-order valence-electron chi connectivity index (χ3n) is 2.08. The molecule has 0 radical (unpaired) electrons. The van der Waals surface area contributed by atoms with Crippen molar-refractivity contribution in [1.29, 1.82) is 5.31 Å². The van der Waals surface area contributed by atoms with Gasteiger partial charge in [0.25, 0.3) is 0 Å². The molecule has 1 heterocycles. The molecule has 20 heavy (non-hydrogen) atoms. The number of ether oxygens (including phenoxy) is 2. The Hall–Kier alpha value is -2.45. The van der Waals surface area contributed by atoms with Gasteiger partial charge in [-0.25, -0.2) is 0 Å². The summed E-state index contributed by atoms with van der Waals surface area (Å²) in [6, 6.07) is 0. The van der Waals surface area contributed by atoms with E-state index < -0.39 is 34.4 Å². The maximum absolute atomic E-state index is 12.0. The summed E-state index contributed by atoms with van der Waals surface area (Å²) in [4.78, 5) is 35.1. The summed E-state index contributed by atoms with van der Waals surface area (Å²) >= 11 is 0. The number of nitrogens with one attached hydrogen (secondary N) is 1. The Bertz CT molecular complexity index is 581. The van der Waals surface area contributed by atoms with E-state index in [1.54, 1.807) is 13.8 Å². The number of hydrogen-bond acceptors (Lipinski definition) is 8. The molecule has 0 aliphatic rings. The second kappa shape index (κ2) is 7.22. The molecule has 1 N–H and O–H groups in total. The van der Waals surface area contributed by atoms with Crippen molar-refractivity contribution >= 4 is 19.2 Å². The van der Waals surface area contributed by atoms with E-state index in [1.165, 1.54) is 0 Å². The Morgan fingerprint density at radius 3 is 2.40 bits per heavy atom. The first kappa shape index (κ1) is 15.6. The minimum absolute atomic E-state index is 0.0617. The number of hydrogen-bond donors (Lipinski definition) is 1. The van der Waals surface area contributed by atoms with Crippen molar-refractivity contribution in [3.05, 3.63) is 27.8 Å². The Balaban J connectivity index is 3.33. The van der Waals surface area contributed by atoms with Gasteiger partial charge in [-0.05, 0) is 0 Å². The molecule has 9 heteroatoms. The zero-order valence-electron chi connectivity index (χ0n) is 10.9. The summed E-state index contributed by atoms with van der Waals surface area (Å²) < 4.78 is 18.9. The van der Waals surface area contributed by atoms with E-state index in [1.807, 2.05) is 0 Å². The Morgan fingerprint density at radius 1 is 1.25 bits per heavy atom. The van der Waals surface area contributed by atoms with Crippen molar-refractivity contribution in [3.8, 4) is 5.75 Å². The summed E-state index contributed by atoms with van der Waals surface area (Å²) in [5.41, 5.74) is -1.35. The van der Waals surface area contributed by atoms with E-state index in [0.29, 0.717) is 7.27 Å². The molecule has 0 aliphatic heterocycles. The molecule has 0 atom stereocenters. The number of carbonyl (C=O) groups is 2. The van der Waals surface area contributed by atoms with Gasteiger partial charge in [0.2, 0.25) is 0 Å². The van der Waals surface area contributed by atoms with Gasteiger partial charge in [0, 0.05) is 0 Å². The molecule has 0 spiro atoms. The molecule has 1 aromatic heterocycles. The predicted octanol–water partition coefficient (Wildman–Crippen LogP) is 0.754. The molecule has 0 unspecified atom stereocenters. The maximum atomic E-state index is 12.0. The third kappa shape index (κ3) is 3.31. The average Bonchev–Trinajstić information content (AvgIpc) is 2.41. The van der Waals surface area contributed by atoms with Crippen LogP contribution in [0.25, 0.3) is 0 Å². The van der Waals surface area contributed by atoms with Crippen LogP contribution in [0.2, 0.25) is 0 Å². The molecule has 1 aromatic rings. The summed E-state index contributed by atoms with van der Waals surface area (Å²) in [6.07, 6.45) is 0.795. The van der Waals surface area contributed by atoms with Gasteiger partial charge in [-0.2, -0.15) is 0 Å². The van der Waals surface area contributed by atoms with Crippen LogP contribution in [0.15, 0.2) is 15.5 Å². The van der Waals surface area contributed by atoms with Gasteiger partial charge < -0.3 is 0 Å². The van der Waals surface area contributed by atoms with E-state index in [9.17, 15) is 14.4 Å². The molecule has 106 valence electrons. The third-order valence-corrected chi connectivity index (χ3v) is 2.08. The number of rotatable bonds is 6. The molecule has 0 fully saturated rings. The molecular formula is C11H12BNO7. The van der Waals surface area contributed by atoms with E-state index in [0.717, 1.165) is 6.26 Å². The Morgan fingerprint density at radius 2 is 1.85 bits per heavy atom. The van der Waals surface area contributed by atoms with Crippen molar-refractivity contribution in [1.82, 2.24) is 0 Å². The van der Waals surface area contributed by atoms with Gasteiger partial charge in [0.15, 0.2) is 0 Å². The molecule has 0 aliphatic carbocycles. The summed E-state index contributed by atoms with van der Waals surface area (Å²) in [6.45, 7) is 3.27. The normalized spacial score (nSPS) is 9.50. The molecule has 0 bridgehead atoms. The Kier molecular flexibility index (Phi) is 5.64. The van der Waals surface area contributed by atoms with Crippen LogP contribution in [0.1, 0.15) is 34.8 Å². The molecule has 8 nitrogen and oxygen atoms in total. The van der Waals surface area contributed by atoms with E-state index in [-0.39, 0.29) is 13.2 Å². The minimum atomic E-state index is -0.933. The zero-order chi connectivity index (χ0) is 15.1. The van der Waals surface area contributed by atoms with Gasteiger partial charge in [-0.15, -0.1) is 0 Å². The second-order valence-electron chi connectivity index (χ2n) is 3.31. The molecule has 1 rings (SSSR count). The van der Waals surface area contributed by atoms with E-state index in [4.69, 9.17) is 9.73 Å². The van der Waals surface area contributed by atoms with Crippen molar-refractivity contribution in [3.63, 3.8) is 0 Å². The SMILES string of the molecule is CCOC(=O)c1occ(C(=O)OCC)c(=O)c1OB=N. The van der Waals surface area contributed by atoms with Crippen molar-refractivity contribution in [2.24, 2.45) is 0 Å². The Labute approximate surface area is 114 Å². The molecular weight excluding hydrogens is 269 g/mol. The molecule has 0 aromatic carbocycles. The van der Waals surface area contributed by atoms with Crippen LogP contribution in [-0.4, -0.2) is 32.4 Å². The summed E-state index contributed by atoms with van der Waals surface area (Å²) in [5, 5.41) is 6.84. The van der Waals surface area contributed by atoms with Gasteiger partial charge in [0.05, 0.1) is 0 Å².